The van der Waals surface area contributed by atoms with Crippen molar-refractivity contribution in [2.45, 2.75) is 29.9 Å². The van der Waals surface area contributed by atoms with Gasteiger partial charge in [-0.2, -0.15) is 4.31 Å². The third-order valence-corrected chi connectivity index (χ3v) is 8.44. The van der Waals surface area contributed by atoms with E-state index in [9.17, 15) is 8.42 Å². The van der Waals surface area contributed by atoms with Crippen LogP contribution in [0.5, 0.6) is 5.75 Å². The molecule has 10 heteroatoms. The number of anilines is 1. The number of morpholine rings is 1. The molecule has 0 saturated carbocycles. The summed E-state index contributed by atoms with van der Waals surface area (Å²) in [5, 5.41) is 7.99. The highest BCUT2D eigenvalue weighted by atomic mass is 35.5. The van der Waals surface area contributed by atoms with E-state index in [2.05, 4.69) is 15.6 Å². The molecule has 5 rings (SSSR count). The lowest BCUT2D eigenvalue weighted by molar-refractivity contribution is -0.0249. The summed E-state index contributed by atoms with van der Waals surface area (Å²) in [5.74, 6) is 0.728. The van der Waals surface area contributed by atoms with E-state index < -0.39 is 10.0 Å². The fraction of sp³-hybridized carbons (Fsp3) is 0.417. The number of hydrogen-bond donors (Lipinski definition) is 3. The summed E-state index contributed by atoms with van der Waals surface area (Å²) in [5.41, 5.74) is 1.57. The van der Waals surface area contributed by atoms with Crippen LogP contribution >= 0.6 is 11.6 Å². The van der Waals surface area contributed by atoms with Crippen molar-refractivity contribution in [3.8, 4) is 5.75 Å². The molecular formula is C24H29ClN4O4S. The third kappa shape index (κ3) is 5.04. The van der Waals surface area contributed by atoms with Crippen molar-refractivity contribution in [3.05, 3.63) is 53.7 Å². The summed E-state index contributed by atoms with van der Waals surface area (Å²) in [4.78, 5) is 3.40. The SMILES string of the molecule is O=S(=O)(c1c[nH]c2c(NC3CCNCC3)cc(Cl)cc12)N1CCO[C@H](COc2ccccc2)C1. The first-order valence-electron chi connectivity index (χ1n) is 11.6. The normalized spacial score (nSPS) is 20.4. The van der Waals surface area contributed by atoms with Crippen LogP contribution in [0.4, 0.5) is 5.69 Å². The Balaban J connectivity index is 1.35. The average molecular weight is 505 g/mol. The molecule has 2 aliphatic rings. The largest absolute Gasteiger partial charge is 0.491 e. The van der Waals surface area contributed by atoms with E-state index in [0.29, 0.717) is 23.1 Å². The molecule has 2 fully saturated rings. The minimum absolute atomic E-state index is 0.225. The van der Waals surface area contributed by atoms with Gasteiger partial charge in [-0.05, 0) is 50.2 Å². The van der Waals surface area contributed by atoms with E-state index in [1.165, 1.54) is 4.31 Å². The molecule has 0 amide bonds. The molecule has 2 saturated heterocycles. The number of hydrogen-bond acceptors (Lipinski definition) is 6. The zero-order valence-corrected chi connectivity index (χ0v) is 20.4. The van der Waals surface area contributed by atoms with Crippen LogP contribution in [0.1, 0.15) is 12.8 Å². The highest BCUT2D eigenvalue weighted by Gasteiger charge is 2.33. The number of H-pyrrole nitrogens is 1. The smallest absolute Gasteiger partial charge is 0.245 e. The van der Waals surface area contributed by atoms with E-state index in [-0.39, 0.29) is 30.7 Å². The minimum atomic E-state index is -3.76. The van der Waals surface area contributed by atoms with Gasteiger partial charge < -0.3 is 25.1 Å². The molecule has 0 spiro atoms. The summed E-state index contributed by atoms with van der Waals surface area (Å²) in [6.45, 7) is 3.02. The zero-order valence-electron chi connectivity index (χ0n) is 18.8. The van der Waals surface area contributed by atoms with Crippen LogP contribution in [0.2, 0.25) is 5.02 Å². The van der Waals surface area contributed by atoms with Crippen molar-refractivity contribution in [1.29, 1.82) is 0 Å². The number of aromatic nitrogens is 1. The summed E-state index contributed by atoms with van der Waals surface area (Å²) in [6, 6.07) is 13.3. The topological polar surface area (TPSA) is 95.7 Å². The van der Waals surface area contributed by atoms with Gasteiger partial charge in [0.15, 0.2) is 0 Å². The first-order chi connectivity index (χ1) is 16.5. The number of nitrogens with zero attached hydrogens (tertiary/aromatic N) is 1. The van der Waals surface area contributed by atoms with Crippen LogP contribution in [-0.4, -0.2) is 69.2 Å². The predicted octanol–water partition coefficient (Wildman–Crippen LogP) is 3.45. The number of ether oxygens (including phenoxy) is 2. The van der Waals surface area contributed by atoms with E-state index in [4.69, 9.17) is 21.1 Å². The Morgan fingerprint density at radius 3 is 2.76 bits per heavy atom. The van der Waals surface area contributed by atoms with Crippen molar-refractivity contribution in [2.75, 3.05) is 44.7 Å². The summed E-state index contributed by atoms with van der Waals surface area (Å²) < 4.78 is 40.3. The first-order valence-corrected chi connectivity index (χ1v) is 13.4. The van der Waals surface area contributed by atoms with E-state index in [1.807, 2.05) is 36.4 Å². The molecule has 0 unspecified atom stereocenters. The van der Waals surface area contributed by atoms with Gasteiger partial charge in [0.1, 0.15) is 23.4 Å². The molecule has 3 N–H and O–H groups in total. The number of piperidine rings is 1. The Kier molecular flexibility index (Phi) is 6.99. The molecule has 0 aliphatic carbocycles. The van der Waals surface area contributed by atoms with Crippen LogP contribution in [-0.2, 0) is 14.8 Å². The van der Waals surface area contributed by atoms with Gasteiger partial charge in [0.25, 0.3) is 0 Å². The highest BCUT2D eigenvalue weighted by Crippen LogP contribution is 2.34. The van der Waals surface area contributed by atoms with Crippen molar-refractivity contribution in [3.63, 3.8) is 0 Å². The summed E-state index contributed by atoms with van der Waals surface area (Å²) >= 11 is 6.42. The van der Waals surface area contributed by atoms with Crippen molar-refractivity contribution < 1.29 is 17.9 Å². The lowest BCUT2D eigenvalue weighted by Crippen LogP contribution is -2.47. The van der Waals surface area contributed by atoms with Crippen LogP contribution in [0, 0.1) is 0 Å². The van der Waals surface area contributed by atoms with Crippen molar-refractivity contribution >= 4 is 38.2 Å². The molecule has 1 aromatic heterocycles. The number of benzene rings is 2. The summed E-state index contributed by atoms with van der Waals surface area (Å²) in [7, 11) is -3.76. The number of fused-ring (bicyclic) bond motifs is 1. The van der Waals surface area contributed by atoms with Gasteiger partial charge in [-0.15, -0.1) is 0 Å². The maximum Gasteiger partial charge on any atom is 0.245 e. The maximum absolute atomic E-state index is 13.6. The highest BCUT2D eigenvalue weighted by molar-refractivity contribution is 7.89. The van der Waals surface area contributed by atoms with Crippen LogP contribution in [0.25, 0.3) is 10.9 Å². The van der Waals surface area contributed by atoms with Gasteiger partial charge >= 0.3 is 0 Å². The lowest BCUT2D eigenvalue weighted by atomic mass is 10.1. The monoisotopic (exact) mass is 504 g/mol. The molecule has 3 heterocycles. The summed E-state index contributed by atoms with van der Waals surface area (Å²) in [6.07, 6.45) is 3.21. The number of aromatic amines is 1. The number of halogens is 1. The fourth-order valence-electron chi connectivity index (χ4n) is 4.54. The van der Waals surface area contributed by atoms with Gasteiger partial charge in [0.2, 0.25) is 10.0 Å². The molecule has 2 aliphatic heterocycles. The Hall–Kier alpha value is -2.30. The van der Waals surface area contributed by atoms with Gasteiger partial charge in [0, 0.05) is 35.7 Å². The maximum atomic E-state index is 13.6. The molecule has 182 valence electrons. The second kappa shape index (κ2) is 10.1. The molecule has 0 radical (unpaired) electrons. The van der Waals surface area contributed by atoms with E-state index >= 15 is 0 Å². The third-order valence-electron chi connectivity index (χ3n) is 6.31. The van der Waals surface area contributed by atoms with Gasteiger partial charge in [-0.1, -0.05) is 29.8 Å². The van der Waals surface area contributed by atoms with Gasteiger partial charge in [0.05, 0.1) is 17.8 Å². The predicted molar refractivity (Wildman–Crippen MR) is 133 cm³/mol. The number of nitrogens with one attached hydrogen (secondary N) is 3. The lowest BCUT2D eigenvalue weighted by Gasteiger charge is -2.31. The molecule has 0 bridgehead atoms. The molecule has 3 aromatic rings. The average Bonchev–Trinajstić information content (AvgIpc) is 3.29. The van der Waals surface area contributed by atoms with E-state index in [1.54, 1.807) is 12.3 Å². The van der Waals surface area contributed by atoms with Crippen LogP contribution in [0.15, 0.2) is 53.6 Å². The Labute approximate surface area is 204 Å². The Morgan fingerprint density at radius 1 is 1.18 bits per heavy atom. The fourth-order valence-corrected chi connectivity index (χ4v) is 6.36. The number of sulfonamides is 1. The van der Waals surface area contributed by atoms with Gasteiger partial charge in [-0.25, -0.2) is 8.42 Å². The van der Waals surface area contributed by atoms with E-state index in [0.717, 1.165) is 42.9 Å². The Morgan fingerprint density at radius 2 is 1.97 bits per heavy atom. The quantitative estimate of drug-likeness (QED) is 0.456. The molecule has 1 atom stereocenters. The number of rotatable bonds is 7. The van der Waals surface area contributed by atoms with Crippen molar-refractivity contribution in [2.24, 2.45) is 0 Å². The van der Waals surface area contributed by atoms with Crippen LogP contribution < -0.4 is 15.4 Å². The molecule has 34 heavy (non-hydrogen) atoms. The number of para-hydroxylation sites is 1. The second-order valence-corrected chi connectivity index (χ2v) is 11.0. The van der Waals surface area contributed by atoms with Crippen LogP contribution in [0.3, 0.4) is 0 Å². The second-order valence-electron chi connectivity index (χ2n) is 8.68. The standard InChI is InChI=1S/C24H29ClN4O4S/c25-17-12-21-23(14-27-24(21)22(13-17)28-18-6-8-26-9-7-18)34(30,31)29-10-11-32-20(15-29)16-33-19-4-2-1-3-5-19/h1-5,12-14,18,20,26-28H,6-11,15-16H2/t20-/m0/s1. The Bertz CT molecular complexity index is 1230. The van der Waals surface area contributed by atoms with Gasteiger partial charge in [-0.3, -0.25) is 0 Å². The zero-order chi connectivity index (χ0) is 23.5. The first kappa shape index (κ1) is 23.4. The molecule has 2 aromatic carbocycles. The molecule has 8 nitrogen and oxygen atoms in total. The van der Waals surface area contributed by atoms with Crippen molar-refractivity contribution in [1.82, 2.24) is 14.6 Å². The molecular weight excluding hydrogens is 476 g/mol. The minimum Gasteiger partial charge on any atom is -0.491 e.